The first-order valence-electron chi connectivity index (χ1n) is 7.06. The van der Waals surface area contributed by atoms with Crippen LogP contribution >= 0.6 is 0 Å². The SMILES string of the molecule is O=C(O)c1ccc(Nc2nccc(Nc3ccc(F)cc3)n2)cc1. The normalized spacial score (nSPS) is 10.2. The lowest BCUT2D eigenvalue weighted by molar-refractivity contribution is 0.0697. The maximum atomic E-state index is 12.9. The highest BCUT2D eigenvalue weighted by molar-refractivity contribution is 5.88. The number of nitrogens with one attached hydrogen (secondary N) is 2. The van der Waals surface area contributed by atoms with Crippen molar-refractivity contribution in [3.8, 4) is 0 Å². The van der Waals surface area contributed by atoms with Crippen LogP contribution in [-0.2, 0) is 0 Å². The third-order valence-electron chi connectivity index (χ3n) is 3.16. The number of benzene rings is 2. The van der Waals surface area contributed by atoms with E-state index in [2.05, 4.69) is 20.6 Å². The Morgan fingerprint density at radius 3 is 2.21 bits per heavy atom. The number of halogens is 1. The van der Waals surface area contributed by atoms with Crippen molar-refractivity contribution >= 4 is 29.1 Å². The Bertz CT molecular complexity index is 851. The van der Waals surface area contributed by atoms with Crippen molar-refractivity contribution in [2.45, 2.75) is 0 Å². The zero-order valence-electron chi connectivity index (χ0n) is 12.4. The Hall–Kier alpha value is -3.48. The molecule has 0 spiro atoms. The van der Waals surface area contributed by atoms with Gasteiger partial charge in [0.25, 0.3) is 0 Å². The van der Waals surface area contributed by atoms with E-state index in [0.717, 1.165) is 0 Å². The monoisotopic (exact) mass is 324 g/mol. The van der Waals surface area contributed by atoms with Gasteiger partial charge in [-0.1, -0.05) is 0 Å². The summed E-state index contributed by atoms with van der Waals surface area (Å²) in [6.07, 6.45) is 1.58. The molecule has 0 atom stereocenters. The van der Waals surface area contributed by atoms with Gasteiger partial charge in [0.15, 0.2) is 0 Å². The lowest BCUT2D eigenvalue weighted by atomic mass is 10.2. The molecule has 0 aliphatic rings. The van der Waals surface area contributed by atoms with Crippen LogP contribution in [0.1, 0.15) is 10.4 Å². The van der Waals surface area contributed by atoms with E-state index in [9.17, 15) is 9.18 Å². The maximum absolute atomic E-state index is 12.9. The van der Waals surface area contributed by atoms with E-state index < -0.39 is 5.97 Å². The molecule has 0 aliphatic carbocycles. The number of anilines is 4. The van der Waals surface area contributed by atoms with Crippen LogP contribution in [0.4, 0.5) is 27.5 Å². The molecule has 0 bridgehead atoms. The minimum atomic E-state index is -0.983. The fourth-order valence-corrected chi connectivity index (χ4v) is 1.99. The second-order valence-electron chi connectivity index (χ2n) is 4.90. The van der Waals surface area contributed by atoms with Gasteiger partial charge in [0.2, 0.25) is 5.95 Å². The van der Waals surface area contributed by atoms with E-state index in [4.69, 9.17) is 5.11 Å². The van der Waals surface area contributed by atoms with Gasteiger partial charge in [-0.15, -0.1) is 0 Å². The molecule has 1 heterocycles. The summed E-state index contributed by atoms with van der Waals surface area (Å²) in [7, 11) is 0. The van der Waals surface area contributed by atoms with Crippen LogP contribution in [0.3, 0.4) is 0 Å². The van der Waals surface area contributed by atoms with E-state index in [1.807, 2.05) is 0 Å². The number of carboxylic acids is 1. The fraction of sp³-hybridized carbons (Fsp3) is 0. The molecule has 0 saturated heterocycles. The first-order chi connectivity index (χ1) is 11.6. The number of carbonyl (C=O) groups is 1. The molecule has 0 radical (unpaired) electrons. The van der Waals surface area contributed by atoms with Crippen molar-refractivity contribution in [2.75, 3.05) is 10.6 Å². The van der Waals surface area contributed by atoms with Gasteiger partial charge in [0.05, 0.1) is 5.56 Å². The number of nitrogens with zero attached hydrogens (tertiary/aromatic N) is 2. The lowest BCUT2D eigenvalue weighted by Crippen LogP contribution is -2.01. The standard InChI is InChI=1S/C17H13FN4O2/c18-12-3-7-13(8-4-12)20-15-9-10-19-17(22-15)21-14-5-1-11(2-6-14)16(23)24/h1-10H,(H,23,24)(H2,19,20,21,22). The van der Waals surface area contributed by atoms with Gasteiger partial charge in [0, 0.05) is 17.6 Å². The Balaban J connectivity index is 1.72. The topological polar surface area (TPSA) is 87.1 Å². The Labute approximate surface area is 137 Å². The Morgan fingerprint density at radius 1 is 0.917 bits per heavy atom. The molecule has 3 aromatic rings. The Morgan fingerprint density at radius 2 is 1.54 bits per heavy atom. The van der Waals surface area contributed by atoms with Crippen LogP contribution in [0.5, 0.6) is 0 Å². The van der Waals surface area contributed by atoms with Crippen LogP contribution in [0.25, 0.3) is 0 Å². The van der Waals surface area contributed by atoms with E-state index >= 15 is 0 Å². The van der Waals surface area contributed by atoms with E-state index in [-0.39, 0.29) is 11.4 Å². The molecule has 2 aromatic carbocycles. The number of hydrogen-bond donors (Lipinski definition) is 3. The highest BCUT2D eigenvalue weighted by atomic mass is 19.1. The second kappa shape index (κ2) is 6.74. The number of hydrogen-bond acceptors (Lipinski definition) is 5. The minimum absolute atomic E-state index is 0.202. The molecule has 24 heavy (non-hydrogen) atoms. The van der Waals surface area contributed by atoms with Crippen molar-refractivity contribution in [2.24, 2.45) is 0 Å². The number of aromatic carboxylic acids is 1. The molecule has 6 nitrogen and oxygen atoms in total. The molecule has 3 N–H and O–H groups in total. The van der Waals surface area contributed by atoms with Crippen molar-refractivity contribution in [3.63, 3.8) is 0 Å². The Kier molecular flexibility index (Phi) is 4.33. The molecule has 0 saturated carbocycles. The summed E-state index contributed by atoms with van der Waals surface area (Å²) >= 11 is 0. The average Bonchev–Trinajstić information content (AvgIpc) is 2.58. The summed E-state index contributed by atoms with van der Waals surface area (Å²) < 4.78 is 12.9. The van der Waals surface area contributed by atoms with Crippen LogP contribution in [0, 0.1) is 5.82 Å². The molecule has 3 rings (SSSR count). The third kappa shape index (κ3) is 3.83. The highest BCUT2D eigenvalue weighted by Gasteiger charge is 2.04. The van der Waals surface area contributed by atoms with Crippen LogP contribution in [0.2, 0.25) is 0 Å². The largest absolute Gasteiger partial charge is 0.478 e. The van der Waals surface area contributed by atoms with Gasteiger partial charge < -0.3 is 15.7 Å². The van der Waals surface area contributed by atoms with Crippen LogP contribution < -0.4 is 10.6 Å². The first-order valence-corrected chi connectivity index (χ1v) is 7.06. The van der Waals surface area contributed by atoms with E-state index in [0.29, 0.717) is 23.1 Å². The van der Waals surface area contributed by atoms with Gasteiger partial charge in [-0.05, 0) is 54.6 Å². The smallest absolute Gasteiger partial charge is 0.335 e. The third-order valence-corrected chi connectivity index (χ3v) is 3.16. The van der Waals surface area contributed by atoms with Gasteiger partial charge in [-0.2, -0.15) is 4.98 Å². The molecular formula is C17H13FN4O2. The summed E-state index contributed by atoms with van der Waals surface area (Å²) in [6.45, 7) is 0. The predicted octanol–water partition coefficient (Wildman–Crippen LogP) is 3.80. The molecular weight excluding hydrogens is 311 g/mol. The zero-order chi connectivity index (χ0) is 16.9. The zero-order valence-corrected chi connectivity index (χ0v) is 12.4. The minimum Gasteiger partial charge on any atom is -0.478 e. The summed E-state index contributed by atoms with van der Waals surface area (Å²) in [5, 5.41) is 14.9. The molecule has 0 aliphatic heterocycles. The summed E-state index contributed by atoms with van der Waals surface area (Å²) in [5.41, 5.74) is 1.57. The highest BCUT2D eigenvalue weighted by Crippen LogP contribution is 2.18. The molecule has 120 valence electrons. The van der Waals surface area contributed by atoms with Crippen molar-refractivity contribution < 1.29 is 14.3 Å². The van der Waals surface area contributed by atoms with Gasteiger partial charge in [-0.3, -0.25) is 0 Å². The molecule has 0 unspecified atom stereocenters. The van der Waals surface area contributed by atoms with Crippen LogP contribution in [0.15, 0.2) is 60.8 Å². The average molecular weight is 324 g/mol. The summed E-state index contributed by atoms with van der Waals surface area (Å²) in [4.78, 5) is 19.2. The summed E-state index contributed by atoms with van der Waals surface area (Å²) in [6, 6.07) is 13.8. The van der Waals surface area contributed by atoms with Crippen molar-refractivity contribution in [1.82, 2.24) is 9.97 Å². The molecule has 1 aromatic heterocycles. The van der Waals surface area contributed by atoms with Crippen LogP contribution in [-0.4, -0.2) is 21.0 Å². The number of aromatic nitrogens is 2. The van der Waals surface area contributed by atoms with Gasteiger partial charge in [-0.25, -0.2) is 14.2 Å². The molecule has 0 amide bonds. The number of rotatable bonds is 5. The second-order valence-corrected chi connectivity index (χ2v) is 4.90. The maximum Gasteiger partial charge on any atom is 0.335 e. The van der Waals surface area contributed by atoms with Gasteiger partial charge in [0.1, 0.15) is 11.6 Å². The van der Waals surface area contributed by atoms with Crippen molar-refractivity contribution in [3.05, 3.63) is 72.2 Å². The summed E-state index contributed by atoms with van der Waals surface area (Å²) in [5.74, 6) is -0.398. The van der Waals surface area contributed by atoms with Gasteiger partial charge >= 0.3 is 5.97 Å². The first kappa shape index (κ1) is 15.4. The quantitative estimate of drug-likeness (QED) is 0.662. The van der Waals surface area contributed by atoms with E-state index in [1.54, 1.807) is 36.5 Å². The lowest BCUT2D eigenvalue weighted by Gasteiger charge is -2.08. The number of carboxylic acid groups (broad SMARTS) is 1. The fourth-order valence-electron chi connectivity index (χ4n) is 1.99. The predicted molar refractivity (Wildman–Crippen MR) is 88.4 cm³/mol. The van der Waals surface area contributed by atoms with E-state index in [1.165, 1.54) is 24.3 Å². The molecule has 7 heteroatoms. The van der Waals surface area contributed by atoms with Crippen molar-refractivity contribution in [1.29, 1.82) is 0 Å². The molecule has 0 fully saturated rings.